The van der Waals surface area contributed by atoms with Crippen molar-refractivity contribution in [2.45, 2.75) is 33.6 Å². The molecule has 0 spiro atoms. The molecule has 1 aromatic rings. The van der Waals surface area contributed by atoms with E-state index in [2.05, 4.69) is 36.7 Å². The Morgan fingerprint density at radius 2 is 1.90 bits per heavy atom. The van der Waals surface area contributed by atoms with Gasteiger partial charge in [0.25, 0.3) is 5.91 Å². The fraction of sp³-hybridized carbons (Fsp3) is 0.562. The number of benzene rings is 1. The van der Waals surface area contributed by atoms with Gasteiger partial charge >= 0.3 is 0 Å². The lowest BCUT2D eigenvalue weighted by Gasteiger charge is -2.38. The second-order valence-corrected chi connectivity index (χ2v) is 7.33. The van der Waals surface area contributed by atoms with E-state index in [0.717, 1.165) is 25.9 Å². The van der Waals surface area contributed by atoms with Crippen LogP contribution in [0.25, 0.3) is 0 Å². The third-order valence-corrected chi connectivity index (χ3v) is 4.99. The minimum atomic E-state index is -0.388. The standard InChI is InChI=1S/C16H21BrFNO/c1-16(2,3)11-7-9-19(10-8-11)15(20)12-5-4-6-13(18)14(12)17/h4-6,11H,7-10H2,1-3H3. The van der Waals surface area contributed by atoms with Crippen LogP contribution in [0, 0.1) is 17.2 Å². The van der Waals surface area contributed by atoms with Crippen LogP contribution in [-0.4, -0.2) is 23.9 Å². The van der Waals surface area contributed by atoms with E-state index in [4.69, 9.17) is 0 Å². The maximum absolute atomic E-state index is 13.5. The first kappa shape index (κ1) is 15.5. The Labute approximate surface area is 128 Å². The predicted octanol–water partition coefficient (Wildman–Crippen LogP) is 4.49. The number of likely N-dealkylation sites (tertiary alicyclic amines) is 1. The second-order valence-electron chi connectivity index (χ2n) is 6.53. The fourth-order valence-electron chi connectivity index (χ4n) is 2.79. The van der Waals surface area contributed by atoms with Crippen molar-refractivity contribution >= 4 is 21.8 Å². The van der Waals surface area contributed by atoms with Crippen molar-refractivity contribution in [1.29, 1.82) is 0 Å². The van der Waals surface area contributed by atoms with Gasteiger partial charge in [0.1, 0.15) is 5.82 Å². The zero-order valence-corrected chi connectivity index (χ0v) is 13.8. The molecule has 110 valence electrons. The Morgan fingerprint density at radius 3 is 2.45 bits per heavy atom. The Morgan fingerprint density at radius 1 is 1.30 bits per heavy atom. The lowest BCUT2D eigenvalue weighted by atomic mass is 9.75. The van der Waals surface area contributed by atoms with Gasteiger partial charge in [0.05, 0.1) is 10.0 Å². The van der Waals surface area contributed by atoms with Crippen molar-refractivity contribution in [2.75, 3.05) is 13.1 Å². The van der Waals surface area contributed by atoms with Crippen molar-refractivity contribution in [2.24, 2.45) is 11.3 Å². The molecule has 0 bridgehead atoms. The van der Waals surface area contributed by atoms with Crippen LogP contribution in [0.5, 0.6) is 0 Å². The lowest BCUT2D eigenvalue weighted by molar-refractivity contribution is 0.0607. The molecule has 1 aliphatic rings. The molecule has 20 heavy (non-hydrogen) atoms. The number of hydrogen-bond acceptors (Lipinski definition) is 1. The van der Waals surface area contributed by atoms with Crippen molar-refractivity contribution < 1.29 is 9.18 Å². The van der Waals surface area contributed by atoms with E-state index >= 15 is 0 Å². The third kappa shape index (κ3) is 3.22. The highest BCUT2D eigenvalue weighted by molar-refractivity contribution is 9.10. The Kier molecular flexibility index (Phi) is 4.52. The van der Waals surface area contributed by atoms with E-state index < -0.39 is 0 Å². The second kappa shape index (κ2) is 5.84. The van der Waals surface area contributed by atoms with Crippen molar-refractivity contribution in [3.63, 3.8) is 0 Å². The largest absolute Gasteiger partial charge is 0.339 e. The van der Waals surface area contributed by atoms with Crippen LogP contribution >= 0.6 is 15.9 Å². The normalized spacial score (nSPS) is 17.4. The Bertz CT molecular complexity index is 502. The Balaban J connectivity index is 2.07. The molecule has 1 fully saturated rings. The average molecular weight is 342 g/mol. The molecule has 0 aromatic heterocycles. The molecule has 2 rings (SSSR count). The molecule has 1 heterocycles. The predicted molar refractivity (Wildman–Crippen MR) is 82.2 cm³/mol. The van der Waals surface area contributed by atoms with E-state index in [1.54, 1.807) is 12.1 Å². The summed E-state index contributed by atoms with van der Waals surface area (Å²) in [5.74, 6) is 0.173. The maximum atomic E-state index is 13.5. The Hall–Kier alpha value is -0.900. The highest BCUT2D eigenvalue weighted by atomic mass is 79.9. The monoisotopic (exact) mass is 341 g/mol. The minimum Gasteiger partial charge on any atom is -0.339 e. The summed E-state index contributed by atoms with van der Waals surface area (Å²) in [6, 6.07) is 4.60. The van der Waals surface area contributed by atoms with Crippen LogP contribution in [-0.2, 0) is 0 Å². The van der Waals surface area contributed by atoms with Gasteiger partial charge in [-0.05, 0) is 52.2 Å². The molecule has 0 aliphatic carbocycles. The van der Waals surface area contributed by atoms with Crippen LogP contribution in [0.3, 0.4) is 0 Å². The summed E-state index contributed by atoms with van der Waals surface area (Å²) >= 11 is 3.17. The SMILES string of the molecule is CC(C)(C)C1CCN(C(=O)c2cccc(F)c2Br)CC1. The topological polar surface area (TPSA) is 20.3 Å². The van der Waals surface area contributed by atoms with Crippen molar-refractivity contribution in [3.05, 3.63) is 34.1 Å². The highest BCUT2D eigenvalue weighted by Gasteiger charge is 2.31. The first-order valence-electron chi connectivity index (χ1n) is 7.04. The van der Waals surface area contributed by atoms with Gasteiger partial charge in [-0.3, -0.25) is 4.79 Å². The molecule has 4 heteroatoms. The minimum absolute atomic E-state index is 0.0799. The number of rotatable bonds is 1. The van der Waals surface area contributed by atoms with Gasteiger partial charge in [-0.2, -0.15) is 0 Å². The molecule has 0 saturated carbocycles. The van der Waals surface area contributed by atoms with Crippen molar-refractivity contribution in [3.8, 4) is 0 Å². The number of nitrogens with zero attached hydrogens (tertiary/aromatic N) is 1. The van der Waals surface area contributed by atoms with E-state index in [0.29, 0.717) is 11.5 Å². The quantitative estimate of drug-likeness (QED) is 0.737. The van der Waals surface area contributed by atoms with Crippen LogP contribution < -0.4 is 0 Å². The molecule has 1 amide bonds. The zero-order valence-electron chi connectivity index (χ0n) is 12.2. The summed E-state index contributed by atoms with van der Waals surface area (Å²) in [5, 5.41) is 0. The first-order chi connectivity index (χ1) is 9.30. The van der Waals surface area contributed by atoms with Gasteiger partial charge in [-0.25, -0.2) is 4.39 Å². The number of piperidine rings is 1. The summed E-state index contributed by atoms with van der Waals surface area (Å²) in [7, 11) is 0. The number of carbonyl (C=O) groups is 1. The van der Waals surface area contributed by atoms with E-state index in [9.17, 15) is 9.18 Å². The van der Waals surface area contributed by atoms with Crippen molar-refractivity contribution in [1.82, 2.24) is 4.90 Å². The fourth-order valence-corrected chi connectivity index (χ4v) is 3.22. The molecule has 1 aliphatic heterocycles. The first-order valence-corrected chi connectivity index (χ1v) is 7.83. The molecule has 1 aromatic carbocycles. The van der Waals surface area contributed by atoms with Gasteiger partial charge in [-0.15, -0.1) is 0 Å². The summed E-state index contributed by atoms with van der Waals surface area (Å²) in [6.45, 7) is 8.25. The molecule has 1 saturated heterocycles. The van der Waals surface area contributed by atoms with Gasteiger partial charge in [-0.1, -0.05) is 26.8 Å². The summed E-state index contributed by atoms with van der Waals surface area (Å²) in [4.78, 5) is 14.3. The van der Waals surface area contributed by atoms with Crippen LogP contribution in [0.15, 0.2) is 22.7 Å². The molecule has 0 atom stereocenters. The number of hydrogen-bond donors (Lipinski definition) is 0. The molecule has 0 radical (unpaired) electrons. The summed E-state index contributed by atoms with van der Waals surface area (Å²) < 4.78 is 13.8. The number of amides is 1. The molecular formula is C16H21BrFNO. The van der Waals surface area contributed by atoms with Crippen LogP contribution in [0.2, 0.25) is 0 Å². The maximum Gasteiger partial charge on any atom is 0.255 e. The smallest absolute Gasteiger partial charge is 0.255 e. The molecule has 0 unspecified atom stereocenters. The molecular weight excluding hydrogens is 321 g/mol. The van der Waals surface area contributed by atoms with Gasteiger partial charge < -0.3 is 4.90 Å². The highest BCUT2D eigenvalue weighted by Crippen LogP contribution is 2.35. The average Bonchev–Trinajstić information content (AvgIpc) is 2.40. The van der Waals surface area contributed by atoms with Gasteiger partial charge in [0, 0.05) is 13.1 Å². The van der Waals surface area contributed by atoms with E-state index in [1.807, 2.05) is 4.90 Å². The van der Waals surface area contributed by atoms with E-state index in [1.165, 1.54) is 6.07 Å². The third-order valence-electron chi connectivity index (χ3n) is 4.19. The number of carbonyl (C=O) groups excluding carboxylic acids is 1. The summed E-state index contributed by atoms with van der Waals surface area (Å²) in [5.41, 5.74) is 0.702. The van der Waals surface area contributed by atoms with E-state index in [-0.39, 0.29) is 21.6 Å². The molecule has 0 N–H and O–H groups in total. The zero-order chi connectivity index (χ0) is 14.9. The van der Waals surface area contributed by atoms with Gasteiger partial charge in [0.15, 0.2) is 0 Å². The summed E-state index contributed by atoms with van der Waals surface area (Å²) in [6.07, 6.45) is 2.03. The van der Waals surface area contributed by atoms with Gasteiger partial charge in [0.2, 0.25) is 0 Å². The van der Waals surface area contributed by atoms with Crippen LogP contribution in [0.4, 0.5) is 4.39 Å². The number of halogens is 2. The van der Waals surface area contributed by atoms with Crippen LogP contribution in [0.1, 0.15) is 44.0 Å². The lowest BCUT2D eigenvalue weighted by Crippen LogP contribution is -2.41. The molecule has 2 nitrogen and oxygen atoms in total.